The van der Waals surface area contributed by atoms with Crippen LogP contribution in [-0.4, -0.2) is 11.6 Å². The van der Waals surface area contributed by atoms with E-state index < -0.39 is 28.5 Å². The van der Waals surface area contributed by atoms with Gasteiger partial charge in [-0.1, -0.05) is 24.9 Å². The second-order valence-electron chi connectivity index (χ2n) is 2.85. The molecule has 0 saturated carbocycles. The van der Waals surface area contributed by atoms with Gasteiger partial charge in [-0.05, 0) is 6.42 Å². The molecule has 1 aromatic rings. The van der Waals surface area contributed by atoms with Crippen molar-refractivity contribution in [2.24, 2.45) is 0 Å². The molecule has 0 aromatic carbocycles. The molecule has 0 fully saturated rings. The van der Waals surface area contributed by atoms with E-state index in [4.69, 9.17) is 16.3 Å². The fourth-order valence-corrected chi connectivity index (χ4v) is 1.09. The smallest absolute Gasteiger partial charge is 0.255 e. The largest absolute Gasteiger partial charge is 0.489 e. The van der Waals surface area contributed by atoms with Crippen molar-refractivity contribution in [1.29, 1.82) is 0 Å². The third-order valence-corrected chi connectivity index (χ3v) is 2.03. The Labute approximate surface area is 90.0 Å². The molecule has 0 saturated heterocycles. The van der Waals surface area contributed by atoms with Crippen LogP contribution >= 0.6 is 11.6 Å². The fraction of sp³-hybridized carbons (Fsp3) is 0.444. The van der Waals surface area contributed by atoms with Crippen LogP contribution in [0, 0.1) is 17.7 Å². The number of ether oxygens (including phenoxy) is 1. The maximum atomic E-state index is 13.1. The predicted molar refractivity (Wildman–Crippen MR) is 49.5 cm³/mol. The van der Waals surface area contributed by atoms with E-state index >= 15 is 0 Å². The molecule has 84 valence electrons. The molecule has 1 heterocycles. The van der Waals surface area contributed by atoms with Gasteiger partial charge in [-0.15, -0.1) is 0 Å². The Morgan fingerprint density at radius 1 is 1.27 bits per heavy atom. The summed E-state index contributed by atoms with van der Waals surface area (Å²) in [5.41, 5.74) is 0. The van der Waals surface area contributed by atoms with Crippen LogP contribution in [0.4, 0.5) is 13.2 Å². The molecule has 0 amide bonds. The van der Waals surface area contributed by atoms with E-state index in [1.165, 1.54) is 0 Å². The number of hydrogen-bond donors (Lipinski definition) is 0. The van der Waals surface area contributed by atoms with Gasteiger partial charge in [-0.2, -0.15) is 18.2 Å². The minimum Gasteiger partial charge on any atom is -0.489 e. The van der Waals surface area contributed by atoms with E-state index in [0.717, 1.165) is 6.42 Å². The highest BCUT2D eigenvalue weighted by Gasteiger charge is 2.20. The zero-order chi connectivity index (χ0) is 11.4. The molecule has 1 aromatic heterocycles. The van der Waals surface area contributed by atoms with E-state index in [1.807, 2.05) is 6.92 Å². The van der Waals surface area contributed by atoms with Gasteiger partial charge in [0.15, 0.2) is 5.75 Å². The van der Waals surface area contributed by atoms with Gasteiger partial charge in [0.25, 0.3) is 5.95 Å². The molecule has 15 heavy (non-hydrogen) atoms. The summed E-state index contributed by atoms with van der Waals surface area (Å²) in [5, 5.41) is -0.634. The molecule has 6 heteroatoms. The van der Waals surface area contributed by atoms with Gasteiger partial charge in [0, 0.05) is 0 Å². The molecule has 0 spiro atoms. The molecular weight excluding hydrogens is 231 g/mol. The van der Waals surface area contributed by atoms with Crippen molar-refractivity contribution in [3.05, 3.63) is 22.7 Å². The maximum Gasteiger partial charge on any atom is 0.255 e. The van der Waals surface area contributed by atoms with Gasteiger partial charge in [0.2, 0.25) is 11.8 Å². The number of rotatable bonds is 4. The molecule has 0 N–H and O–H groups in total. The lowest BCUT2D eigenvalue weighted by Crippen LogP contribution is -2.04. The topological polar surface area (TPSA) is 22.1 Å². The Balaban J connectivity index is 2.94. The summed E-state index contributed by atoms with van der Waals surface area (Å²) in [4.78, 5) is 2.64. The average Bonchev–Trinajstić information content (AvgIpc) is 2.20. The third kappa shape index (κ3) is 2.75. The molecule has 0 unspecified atom stereocenters. The van der Waals surface area contributed by atoms with Crippen molar-refractivity contribution in [2.75, 3.05) is 6.61 Å². The summed E-state index contributed by atoms with van der Waals surface area (Å²) in [5.74, 6) is -4.81. The first-order valence-corrected chi connectivity index (χ1v) is 4.78. The lowest BCUT2D eigenvalue weighted by Gasteiger charge is -2.08. The van der Waals surface area contributed by atoms with Crippen LogP contribution in [0.5, 0.6) is 5.75 Å². The summed E-state index contributed by atoms with van der Waals surface area (Å²) < 4.78 is 43.4. The van der Waals surface area contributed by atoms with Crippen LogP contribution in [0.25, 0.3) is 0 Å². The van der Waals surface area contributed by atoms with E-state index in [9.17, 15) is 13.2 Å². The van der Waals surface area contributed by atoms with Gasteiger partial charge in [0.05, 0.1) is 6.61 Å². The van der Waals surface area contributed by atoms with Crippen molar-refractivity contribution in [2.45, 2.75) is 19.8 Å². The highest BCUT2D eigenvalue weighted by molar-refractivity contribution is 6.32. The monoisotopic (exact) mass is 239 g/mol. The summed E-state index contributed by atoms with van der Waals surface area (Å²) in [6, 6.07) is 0. The average molecular weight is 240 g/mol. The molecule has 0 aliphatic rings. The Hall–Kier alpha value is -0.970. The van der Waals surface area contributed by atoms with Crippen LogP contribution in [-0.2, 0) is 0 Å². The van der Waals surface area contributed by atoms with Gasteiger partial charge in [-0.3, -0.25) is 0 Å². The lowest BCUT2D eigenvalue weighted by molar-refractivity contribution is 0.282. The van der Waals surface area contributed by atoms with Gasteiger partial charge in [0.1, 0.15) is 5.02 Å². The van der Waals surface area contributed by atoms with Crippen LogP contribution in [0.3, 0.4) is 0 Å². The summed E-state index contributed by atoms with van der Waals surface area (Å²) in [7, 11) is 0. The van der Waals surface area contributed by atoms with E-state index in [2.05, 4.69) is 4.98 Å². The van der Waals surface area contributed by atoms with Crippen molar-refractivity contribution in [3.63, 3.8) is 0 Å². The summed E-state index contributed by atoms with van der Waals surface area (Å²) in [6.45, 7) is 2.05. The highest BCUT2D eigenvalue weighted by Crippen LogP contribution is 2.30. The number of hydrogen-bond acceptors (Lipinski definition) is 2. The first-order valence-electron chi connectivity index (χ1n) is 4.40. The molecule has 0 radical (unpaired) electrons. The minimum atomic E-state index is -1.55. The number of aromatic nitrogens is 1. The van der Waals surface area contributed by atoms with E-state index in [0.29, 0.717) is 6.42 Å². The van der Waals surface area contributed by atoms with E-state index in [1.54, 1.807) is 0 Å². The fourth-order valence-electron chi connectivity index (χ4n) is 0.913. The number of pyridine rings is 1. The first-order chi connectivity index (χ1) is 7.07. The van der Waals surface area contributed by atoms with Crippen LogP contribution in [0.15, 0.2) is 0 Å². The van der Waals surface area contributed by atoms with Crippen LogP contribution < -0.4 is 4.74 Å². The lowest BCUT2D eigenvalue weighted by atomic mass is 10.3. The van der Waals surface area contributed by atoms with Crippen molar-refractivity contribution < 1.29 is 17.9 Å². The minimum absolute atomic E-state index is 0.149. The second kappa shape index (κ2) is 5.21. The molecule has 0 aliphatic carbocycles. The van der Waals surface area contributed by atoms with Crippen LogP contribution in [0.2, 0.25) is 5.02 Å². The number of nitrogens with zero attached hydrogens (tertiary/aromatic N) is 1. The van der Waals surface area contributed by atoms with Gasteiger partial charge < -0.3 is 4.74 Å². The predicted octanol–water partition coefficient (Wildman–Crippen LogP) is 3.33. The Kier molecular flexibility index (Phi) is 4.20. The SMILES string of the molecule is CCCCOc1c(F)c(F)nc(F)c1Cl. The molecule has 1 rings (SSSR count). The second-order valence-corrected chi connectivity index (χ2v) is 3.23. The Morgan fingerprint density at radius 2 is 1.93 bits per heavy atom. The number of halogens is 4. The van der Waals surface area contributed by atoms with Gasteiger partial charge >= 0.3 is 0 Å². The molecule has 0 aliphatic heterocycles. The Morgan fingerprint density at radius 3 is 2.53 bits per heavy atom. The van der Waals surface area contributed by atoms with E-state index in [-0.39, 0.29) is 6.61 Å². The highest BCUT2D eigenvalue weighted by atomic mass is 35.5. The van der Waals surface area contributed by atoms with Crippen molar-refractivity contribution in [3.8, 4) is 5.75 Å². The standard InChI is InChI=1S/C9H9ClF3NO/c1-2-3-4-15-7-5(10)8(12)14-9(13)6(7)11/h2-4H2,1H3. The zero-order valence-electron chi connectivity index (χ0n) is 7.99. The zero-order valence-corrected chi connectivity index (χ0v) is 8.74. The third-order valence-electron chi connectivity index (χ3n) is 1.70. The van der Waals surface area contributed by atoms with Gasteiger partial charge in [-0.25, -0.2) is 0 Å². The number of unbranched alkanes of at least 4 members (excludes halogenated alkanes) is 1. The maximum absolute atomic E-state index is 13.1. The normalized spacial score (nSPS) is 10.5. The van der Waals surface area contributed by atoms with Crippen LogP contribution in [0.1, 0.15) is 19.8 Å². The quantitative estimate of drug-likeness (QED) is 0.594. The van der Waals surface area contributed by atoms with Crippen molar-refractivity contribution in [1.82, 2.24) is 4.98 Å². The molecule has 2 nitrogen and oxygen atoms in total. The molecule has 0 atom stereocenters. The molecule has 0 bridgehead atoms. The first kappa shape index (κ1) is 12.1. The summed E-state index contributed by atoms with van der Waals surface area (Å²) in [6.07, 6.45) is 1.45. The Bertz CT molecular complexity index is 333. The van der Waals surface area contributed by atoms with Crippen molar-refractivity contribution >= 4 is 11.6 Å². The summed E-state index contributed by atoms with van der Waals surface area (Å²) >= 11 is 5.38. The molecular formula is C9H9ClF3NO.